The Balaban J connectivity index is 1.90. The fourth-order valence-corrected chi connectivity index (χ4v) is 3.94. The molecule has 2 aromatic rings. The third-order valence-electron chi connectivity index (χ3n) is 4.37. The molecule has 0 spiro atoms. The molecule has 1 amide bonds. The minimum absolute atomic E-state index is 0.107. The third-order valence-corrected chi connectivity index (χ3v) is 5.51. The zero-order valence-electron chi connectivity index (χ0n) is 16.3. The van der Waals surface area contributed by atoms with Gasteiger partial charge in [0.05, 0.1) is 12.2 Å². The quantitative estimate of drug-likeness (QED) is 0.698. The summed E-state index contributed by atoms with van der Waals surface area (Å²) in [5.41, 5.74) is 8.41. The maximum atomic E-state index is 13.7. The molecule has 0 unspecified atom stereocenters. The summed E-state index contributed by atoms with van der Waals surface area (Å²) in [4.78, 5) is 23.4. The first-order chi connectivity index (χ1) is 14.5. The van der Waals surface area contributed by atoms with E-state index in [-0.39, 0.29) is 17.1 Å². The van der Waals surface area contributed by atoms with Crippen LogP contribution in [0.2, 0.25) is 0 Å². The van der Waals surface area contributed by atoms with Crippen LogP contribution in [0.4, 0.5) is 14.5 Å². The molecule has 8 heteroatoms. The number of hydrogen-bond acceptors (Lipinski definition) is 5. The van der Waals surface area contributed by atoms with Crippen LogP contribution in [0.15, 0.2) is 82.6 Å². The van der Waals surface area contributed by atoms with E-state index < -0.39 is 17.5 Å². The summed E-state index contributed by atoms with van der Waals surface area (Å²) in [7, 11) is 0. The molecule has 0 fully saturated rings. The number of halogens is 2. The summed E-state index contributed by atoms with van der Waals surface area (Å²) in [6.45, 7) is 5.98. The number of thioether (sulfide) groups is 1. The van der Waals surface area contributed by atoms with Crippen LogP contribution in [-0.4, -0.2) is 22.5 Å². The van der Waals surface area contributed by atoms with Gasteiger partial charge >= 0.3 is 0 Å². The van der Waals surface area contributed by atoms with Crippen LogP contribution in [0.3, 0.4) is 0 Å². The predicted molar refractivity (Wildman–Crippen MR) is 117 cm³/mol. The van der Waals surface area contributed by atoms with E-state index in [1.54, 1.807) is 18.5 Å². The second kappa shape index (κ2) is 9.49. The normalized spacial score (nSPS) is 16.4. The van der Waals surface area contributed by atoms with E-state index in [9.17, 15) is 13.6 Å². The van der Waals surface area contributed by atoms with Gasteiger partial charge in [0.2, 0.25) is 0 Å². The molecule has 0 radical (unpaired) electrons. The minimum atomic E-state index is -1.04. The highest BCUT2D eigenvalue weighted by molar-refractivity contribution is 8.19. The largest absolute Gasteiger partial charge is 0.397 e. The fraction of sp³-hybridized carbons (Fsp3) is 0.136. The number of nitrogens with zero attached hydrogens (tertiary/aromatic N) is 3. The van der Waals surface area contributed by atoms with E-state index in [2.05, 4.69) is 16.6 Å². The van der Waals surface area contributed by atoms with E-state index in [0.29, 0.717) is 22.9 Å². The van der Waals surface area contributed by atoms with Crippen molar-refractivity contribution in [1.82, 2.24) is 4.98 Å². The Labute approximate surface area is 177 Å². The maximum Gasteiger partial charge on any atom is 0.267 e. The van der Waals surface area contributed by atoms with Gasteiger partial charge in [-0.3, -0.25) is 14.8 Å². The Kier molecular flexibility index (Phi) is 6.79. The van der Waals surface area contributed by atoms with E-state index in [1.807, 2.05) is 19.1 Å². The zero-order chi connectivity index (χ0) is 21.7. The number of carbonyl (C=O) groups excluding carboxylic acids is 1. The predicted octanol–water partition coefficient (Wildman–Crippen LogP) is 4.34. The Bertz CT molecular complexity index is 1060. The van der Waals surface area contributed by atoms with Crippen LogP contribution < -0.4 is 10.6 Å². The molecule has 2 heterocycles. The molecule has 0 saturated carbocycles. The molecular weight excluding hydrogens is 406 g/mol. The number of anilines is 1. The van der Waals surface area contributed by atoms with Gasteiger partial charge in [0, 0.05) is 36.3 Å². The number of rotatable bonds is 6. The lowest BCUT2D eigenvalue weighted by Gasteiger charge is -2.22. The molecule has 1 aromatic heterocycles. The Morgan fingerprint density at radius 2 is 2.00 bits per heavy atom. The van der Waals surface area contributed by atoms with Gasteiger partial charge in [-0.05, 0) is 36.8 Å². The van der Waals surface area contributed by atoms with Crippen LogP contribution in [0.1, 0.15) is 12.5 Å². The van der Waals surface area contributed by atoms with Gasteiger partial charge in [0.15, 0.2) is 11.6 Å². The van der Waals surface area contributed by atoms with Crippen molar-refractivity contribution in [2.75, 3.05) is 11.4 Å². The molecule has 3 rings (SSSR count). The van der Waals surface area contributed by atoms with Crippen molar-refractivity contribution >= 4 is 28.4 Å². The van der Waals surface area contributed by atoms with Crippen LogP contribution in [0.25, 0.3) is 0 Å². The average molecular weight is 426 g/mol. The number of pyridine rings is 1. The Morgan fingerprint density at radius 1 is 1.27 bits per heavy atom. The van der Waals surface area contributed by atoms with Gasteiger partial charge in [-0.2, -0.15) is 0 Å². The minimum Gasteiger partial charge on any atom is -0.397 e. The lowest BCUT2D eigenvalue weighted by atomic mass is 10.1. The number of allylic oxidation sites excluding steroid dienone is 2. The topological polar surface area (TPSA) is 71.6 Å². The summed E-state index contributed by atoms with van der Waals surface area (Å²) in [5.74, 6) is -2.46. The smallest absolute Gasteiger partial charge is 0.267 e. The van der Waals surface area contributed by atoms with Gasteiger partial charge in [-0.1, -0.05) is 23.9 Å². The average Bonchev–Trinajstić information content (AvgIpc) is 3.08. The SMILES string of the molecule is C=CCN(C(=O)C1=C(N)C(=C/C)/C(=N\Cc2ccncc2)S1)c1ccc(F)c(F)c1. The van der Waals surface area contributed by atoms with Crippen molar-refractivity contribution in [2.24, 2.45) is 10.7 Å². The van der Waals surface area contributed by atoms with Gasteiger partial charge in [-0.15, -0.1) is 6.58 Å². The highest BCUT2D eigenvalue weighted by atomic mass is 32.2. The van der Waals surface area contributed by atoms with Crippen LogP contribution >= 0.6 is 11.8 Å². The summed E-state index contributed by atoms with van der Waals surface area (Å²) in [5, 5.41) is 0.624. The van der Waals surface area contributed by atoms with Gasteiger partial charge < -0.3 is 10.6 Å². The summed E-state index contributed by atoms with van der Waals surface area (Å²) in [6.07, 6.45) is 6.67. The number of carbonyl (C=O) groups is 1. The van der Waals surface area contributed by atoms with E-state index in [0.717, 1.165) is 29.5 Å². The molecule has 1 aliphatic heterocycles. The monoisotopic (exact) mass is 426 g/mol. The van der Waals surface area contributed by atoms with Crippen LogP contribution in [0, 0.1) is 11.6 Å². The molecule has 5 nitrogen and oxygen atoms in total. The molecular formula is C22H20F2N4OS. The van der Waals surface area contributed by atoms with Crippen molar-refractivity contribution in [1.29, 1.82) is 0 Å². The second-order valence-corrected chi connectivity index (χ2v) is 7.33. The standard InChI is InChI=1S/C22H20F2N4OS/c1-3-11-28(15-5-6-17(23)18(24)12-15)22(29)20-19(25)16(4-2)21(30-20)27-13-14-7-9-26-10-8-14/h3-10,12H,1,11,13,25H2,2H3/b16-4-,27-21+. The number of benzene rings is 1. The van der Waals surface area contributed by atoms with Crippen molar-refractivity contribution in [3.05, 3.63) is 94.8 Å². The molecule has 0 saturated heterocycles. The van der Waals surface area contributed by atoms with E-state index in [4.69, 9.17) is 5.73 Å². The first-order valence-electron chi connectivity index (χ1n) is 9.12. The molecule has 30 heavy (non-hydrogen) atoms. The third kappa shape index (κ3) is 4.49. The summed E-state index contributed by atoms with van der Waals surface area (Å²) >= 11 is 1.16. The molecule has 0 atom stereocenters. The van der Waals surface area contributed by atoms with Crippen molar-refractivity contribution in [3.63, 3.8) is 0 Å². The second-order valence-electron chi connectivity index (χ2n) is 6.33. The fourth-order valence-electron chi connectivity index (χ4n) is 2.86. The van der Waals surface area contributed by atoms with Gasteiger partial charge in [0.1, 0.15) is 9.95 Å². The highest BCUT2D eigenvalue weighted by Gasteiger charge is 2.32. The highest BCUT2D eigenvalue weighted by Crippen LogP contribution is 2.38. The first kappa shape index (κ1) is 21.4. The number of amides is 1. The van der Waals surface area contributed by atoms with Crippen LogP contribution in [-0.2, 0) is 11.3 Å². The van der Waals surface area contributed by atoms with E-state index in [1.165, 1.54) is 17.0 Å². The van der Waals surface area contributed by atoms with Crippen molar-refractivity contribution < 1.29 is 13.6 Å². The molecule has 1 aliphatic rings. The first-order valence-corrected chi connectivity index (χ1v) is 9.93. The number of nitrogens with two attached hydrogens (primary N) is 1. The summed E-state index contributed by atoms with van der Waals surface area (Å²) < 4.78 is 27.1. The van der Waals surface area contributed by atoms with Crippen molar-refractivity contribution in [2.45, 2.75) is 13.5 Å². The maximum absolute atomic E-state index is 13.7. The number of aromatic nitrogens is 1. The zero-order valence-corrected chi connectivity index (χ0v) is 17.1. The molecule has 2 N–H and O–H groups in total. The molecule has 0 aliphatic carbocycles. The van der Waals surface area contributed by atoms with Gasteiger partial charge in [0.25, 0.3) is 5.91 Å². The Morgan fingerprint density at radius 3 is 2.63 bits per heavy atom. The molecule has 0 bridgehead atoms. The van der Waals surface area contributed by atoms with Gasteiger partial charge in [-0.25, -0.2) is 8.78 Å². The lowest BCUT2D eigenvalue weighted by molar-refractivity contribution is -0.114. The van der Waals surface area contributed by atoms with Crippen molar-refractivity contribution in [3.8, 4) is 0 Å². The lowest BCUT2D eigenvalue weighted by Crippen LogP contribution is -2.32. The van der Waals surface area contributed by atoms with E-state index >= 15 is 0 Å². The summed E-state index contributed by atoms with van der Waals surface area (Å²) in [6, 6.07) is 7.01. The Hall–Kier alpha value is -3.26. The molecule has 154 valence electrons. The van der Waals surface area contributed by atoms with Crippen LogP contribution in [0.5, 0.6) is 0 Å². The number of hydrogen-bond donors (Lipinski definition) is 1. The number of aliphatic imine (C=N–C) groups is 1. The molecule has 1 aromatic carbocycles.